The van der Waals surface area contributed by atoms with Crippen LogP contribution in [0.5, 0.6) is 0 Å². The van der Waals surface area contributed by atoms with Gasteiger partial charge in [0.25, 0.3) is 0 Å². The Morgan fingerprint density at radius 3 is 2.91 bits per heavy atom. The molecule has 1 saturated heterocycles. The molecule has 168 valence electrons. The fraction of sp³-hybridized carbons (Fsp3) is 0.214. The maximum absolute atomic E-state index is 4.52. The first kappa shape index (κ1) is 20.9. The summed E-state index contributed by atoms with van der Waals surface area (Å²) in [4.78, 5) is 10.0. The highest BCUT2D eigenvalue weighted by Crippen LogP contribution is 2.31. The third kappa shape index (κ3) is 4.41. The number of rotatable bonds is 5. The van der Waals surface area contributed by atoms with Gasteiger partial charge in [0.05, 0.1) is 21.1 Å². The molecule has 1 aliphatic rings. The van der Waals surface area contributed by atoms with Gasteiger partial charge in [0, 0.05) is 29.3 Å². The van der Waals surface area contributed by atoms with Crippen molar-refractivity contribution in [1.82, 2.24) is 19.9 Å². The summed E-state index contributed by atoms with van der Waals surface area (Å²) in [6.45, 7) is 2.02. The molecule has 0 aliphatic carbocycles. The normalized spacial score (nSPS) is 15.5. The number of thiophene rings is 1. The first-order valence-electron chi connectivity index (χ1n) is 11.7. The van der Waals surface area contributed by atoms with Gasteiger partial charge >= 0.3 is 0 Å². The lowest BCUT2D eigenvalue weighted by Crippen LogP contribution is -2.18. The summed E-state index contributed by atoms with van der Waals surface area (Å²) in [6.07, 6.45) is 7.13. The van der Waals surface area contributed by atoms with E-state index in [2.05, 4.69) is 104 Å². The van der Waals surface area contributed by atoms with Crippen LogP contribution in [-0.4, -0.2) is 27.1 Å². The van der Waals surface area contributed by atoms with Crippen LogP contribution in [0.2, 0.25) is 0 Å². The van der Waals surface area contributed by atoms with Gasteiger partial charge in [-0.3, -0.25) is 0 Å². The summed E-state index contributed by atoms with van der Waals surface area (Å²) in [6, 6.07) is 21.7. The van der Waals surface area contributed by atoms with Crippen LogP contribution in [0.1, 0.15) is 23.3 Å². The van der Waals surface area contributed by atoms with Crippen molar-refractivity contribution in [1.29, 1.82) is 0 Å². The third-order valence-electron chi connectivity index (χ3n) is 6.26. The van der Waals surface area contributed by atoms with E-state index in [9.17, 15) is 0 Å². The van der Waals surface area contributed by atoms with E-state index in [1.807, 2.05) is 0 Å². The van der Waals surface area contributed by atoms with Gasteiger partial charge in [0.15, 0.2) is 5.82 Å². The van der Waals surface area contributed by atoms with Crippen LogP contribution < -0.4 is 10.6 Å². The van der Waals surface area contributed by atoms with Crippen molar-refractivity contribution in [2.45, 2.75) is 31.8 Å². The molecule has 0 amide bonds. The van der Waals surface area contributed by atoms with Gasteiger partial charge in [0.1, 0.15) is 6.33 Å². The van der Waals surface area contributed by atoms with Crippen molar-refractivity contribution in [3.8, 4) is 11.8 Å². The van der Waals surface area contributed by atoms with E-state index in [1.54, 1.807) is 17.7 Å². The van der Waals surface area contributed by atoms with Crippen molar-refractivity contribution in [2.75, 3.05) is 11.9 Å². The number of nitrogens with one attached hydrogen (secondary N) is 2. The van der Waals surface area contributed by atoms with Crippen LogP contribution in [0.25, 0.3) is 21.1 Å². The van der Waals surface area contributed by atoms with Crippen LogP contribution in [-0.2, 0) is 13.0 Å². The third-order valence-corrected chi connectivity index (χ3v) is 7.31. The monoisotopic (exact) mass is 463 g/mol. The summed E-state index contributed by atoms with van der Waals surface area (Å²) < 4.78 is 3.35. The molecule has 1 aliphatic heterocycles. The molecule has 0 saturated carbocycles. The average Bonchev–Trinajstić information content (AvgIpc) is 3.62. The molecule has 0 spiro atoms. The van der Waals surface area contributed by atoms with Gasteiger partial charge in [-0.05, 0) is 61.7 Å². The minimum Gasteiger partial charge on any atom is -0.347 e. The fourth-order valence-corrected chi connectivity index (χ4v) is 5.39. The summed E-state index contributed by atoms with van der Waals surface area (Å²) in [5.74, 6) is 7.50. The van der Waals surface area contributed by atoms with E-state index in [4.69, 9.17) is 0 Å². The van der Waals surface area contributed by atoms with E-state index in [1.165, 1.54) is 22.9 Å². The van der Waals surface area contributed by atoms with Crippen molar-refractivity contribution in [3.63, 3.8) is 0 Å². The second-order valence-corrected chi connectivity index (χ2v) is 9.66. The Labute approximate surface area is 202 Å². The number of benzene rings is 2. The van der Waals surface area contributed by atoms with E-state index in [0.717, 1.165) is 52.5 Å². The summed E-state index contributed by atoms with van der Waals surface area (Å²) >= 11 is 1.65. The molecule has 5 nitrogen and oxygen atoms in total. The Hall–Kier alpha value is -3.66. The zero-order valence-electron chi connectivity index (χ0n) is 18.8. The van der Waals surface area contributed by atoms with Crippen molar-refractivity contribution < 1.29 is 0 Å². The summed E-state index contributed by atoms with van der Waals surface area (Å²) in [5.41, 5.74) is 4.54. The molecular formula is C28H25N5S. The van der Waals surface area contributed by atoms with Crippen LogP contribution in [0.3, 0.4) is 0 Å². The highest BCUT2D eigenvalue weighted by Gasteiger charge is 2.12. The van der Waals surface area contributed by atoms with Crippen molar-refractivity contribution >= 4 is 44.0 Å². The molecule has 4 heterocycles. The Bertz CT molecular complexity index is 1500. The number of aromatic nitrogens is 3. The van der Waals surface area contributed by atoms with Crippen LogP contribution >= 0.6 is 11.3 Å². The lowest BCUT2D eigenvalue weighted by molar-refractivity contribution is 0.723. The van der Waals surface area contributed by atoms with E-state index < -0.39 is 0 Å². The van der Waals surface area contributed by atoms with E-state index in [0.29, 0.717) is 6.04 Å². The van der Waals surface area contributed by atoms with Gasteiger partial charge in [-0.15, -0.1) is 11.3 Å². The Balaban J connectivity index is 1.22. The number of fused-ring (bicyclic) bond motifs is 2. The van der Waals surface area contributed by atoms with Gasteiger partial charge in [-0.25, -0.2) is 9.97 Å². The molecular weight excluding hydrogens is 438 g/mol. The van der Waals surface area contributed by atoms with Gasteiger partial charge in [-0.2, -0.15) is 0 Å². The molecule has 1 atom stereocenters. The highest BCUT2D eigenvalue weighted by molar-refractivity contribution is 7.20. The minimum absolute atomic E-state index is 0.306. The molecule has 1 fully saturated rings. The SMILES string of the molecule is C(#C[C@@H]1CCCN1)c1cc2ncnc(Nc3ccc4c(ccn4CCc4ccccc4)c3)c2s1. The van der Waals surface area contributed by atoms with Crippen molar-refractivity contribution in [3.05, 3.63) is 83.6 Å². The van der Waals surface area contributed by atoms with E-state index in [-0.39, 0.29) is 0 Å². The van der Waals surface area contributed by atoms with Gasteiger partial charge < -0.3 is 15.2 Å². The molecule has 0 radical (unpaired) electrons. The molecule has 34 heavy (non-hydrogen) atoms. The number of nitrogens with zero attached hydrogens (tertiary/aromatic N) is 3. The topological polar surface area (TPSA) is 54.8 Å². The Morgan fingerprint density at radius 2 is 2.03 bits per heavy atom. The smallest absolute Gasteiger partial charge is 0.151 e. The first-order valence-corrected chi connectivity index (χ1v) is 12.5. The number of aryl methyl sites for hydroxylation is 2. The fourth-order valence-electron chi connectivity index (χ4n) is 4.47. The first-order chi connectivity index (χ1) is 16.8. The second-order valence-electron chi connectivity index (χ2n) is 8.61. The lowest BCUT2D eigenvalue weighted by Gasteiger charge is -2.08. The zero-order valence-corrected chi connectivity index (χ0v) is 19.6. The predicted molar refractivity (Wildman–Crippen MR) is 141 cm³/mol. The second kappa shape index (κ2) is 9.30. The summed E-state index contributed by atoms with van der Waals surface area (Å²) in [5, 5.41) is 8.15. The van der Waals surface area contributed by atoms with Crippen LogP contribution in [0.15, 0.2) is 73.2 Å². The van der Waals surface area contributed by atoms with Gasteiger partial charge in [0.2, 0.25) is 0 Å². The molecule has 5 aromatic rings. The summed E-state index contributed by atoms with van der Waals surface area (Å²) in [7, 11) is 0. The standard InChI is InChI=1S/C28H25N5S/c1-2-5-20(6-3-1)12-15-33-16-13-21-17-23(9-11-26(21)33)32-28-27-25(30-19-31-28)18-24(34-27)10-8-22-7-4-14-29-22/h1-3,5-6,9,11,13,16-19,22,29H,4,7,12,14-15H2,(H,30,31,32)/t22-/m0/s1. The number of anilines is 2. The molecule has 3 aromatic heterocycles. The minimum atomic E-state index is 0.306. The highest BCUT2D eigenvalue weighted by atomic mass is 32.1. The van der Waals surface area contributed by atoms with E-state index >= 15 is 0 Å². The molecule has 6 rings (SSSR count). The zero-order chi connectivity index (χ0) is 22.7. The molecule has 0 unspecified atom stereocenters. The average molecular weight is 464 g/mol. The Morgan fingerprint density at radius 1 is 1.09 bits per heavy atom. The maximum Gasteiger partial charge on any atom is 0.151 e. The molecule has 2 N–H and O–H groups in total. The largest absolute Gasteiger partial charge is 0.347 e. The predicted octanol–water partition coefficient (Wildman–Crippen LogP) is 5.74. The lowest BCUT2D eigenvalue weighted by atomic mass is 10.1. The molecule has 2 aromatic carbocycles. The Kier molecular flexibility index (Phi) is 5.72. The van der Waals surface area contributed by atoms with Crippen LogP contribution in [0.4, 0.5) is 11.5 Å². The number of hydrogen-bond donors (Lipinski definition) is 2. The van der Waals surface area contributed by atoms with Crippen LogP contribution in [0, 0.1) is 11.8 Å². The maximum atomic E-state index is 4.52. The van der Waals surface area contributed by atoms with Gasteiger partial charge in [-0.1, -0.05) is 42.2 Å². The molecule has 0 bridgehead atoms. The van der Waals surface area contributed by atoms with Crippen molar-refractivity contribution in [2.24, 2.45) is 0 Å². The molecule has 6 heteroatoms. The number of hydrogen-bond acceptors (Lipinski definition) is 5. The quantitative estimate of drug-likeness (QED) is 0.327.